The molecule has 0 unspecified atom stereocenters. The lowest BCUT2D eigenvalue weighted by molar-refractivity contribution is -0.0447. The molecule has 0 bridgehead atoms. The Morgan fingerprint density at radius 1 is 0.597 bits per heavy atom. The topological polar surface area (TPSA) is 112 Å². The van der Waals surface area contributed by atoms with Crippen molar-refractivity contribution in [3.63, 3.8) is 0 Å². The van der Waals surface area contributed by atoms with Crippen molar-refractivity contribution in [2.75, 3.05) is 93.6 Å². The molecule has 3 aliphatic rings. The Balaban J connectivity index is 0.000000192. The number of para-hydroxylation sites is 2. The highest BCUT2D eigenvalue weighted by Crippen LogP contribution is 2.43. The maximum atomic E-state index is 14.0. The van der Waals surface area contributed by atoms with E-state index in [1.807, 2.05) is 72.8 Å². The van der Waals surface area contributed by atoms with Crippen molar-refractivity contribution in [1.82, 2.24) is 16.0 Å². The third kappa shape index (κ3) is 18.2. The molecule has 0 amide bonds. The molecule has 4 aromatic carbocycles. The highest BCUT2D eigenvalue weighted by atomic mass is 19.1. The summed E-state index contributed by atoms with van der Waals surface area (Å²) in [5.74, 6) is 2.08. The monoisotopic (exact) mass is 932 g/mol. The average Bonchev–Trinajstić information content (AvgIpc) is 3.37. The fourth-order valence-electron chi connectivity index (χ4n) is 9.46. The van der Waals surface area contributed by atoms with Gasteiger partial charge in [0.25, 0.3) is 0 Å². The third-order valence-corrected chi connectivity index (χ3v) is 12.9. The van der Waals surface area contributed by atoms with Crippen LogP contribution in [0.25, 0.3) is 0 Å². The number of hydrogen-bond acceptors (Lipinski definition) is 10. The highest BCUT2D eigenvalue weighted by molar-refractivity contribution is 5.42. The molecule has 3 fully saturated rings. The molecule has 3 heterocycles. The Hall–Kier alpha value is -3.82. The summed E-state index contributed by atoms with van der Waals surface area (Å²) in [6, 6.07) is 31.4. The molecule has 6 atom stereocenters. The van der Waals surface area contributed by atoms with Gasteiger partial charge in [-0.15, -0.1) is 0 Å². The van der Waals surface area contributed by atoms with E-state index >= 15 is 0 Å². The molecule has 7 rings (SSSR count). The van der Waals surface area contributed by atoms with Crippen LogP contribution in [0.4, 0.5) is 8.78 Å². The molecule has 0 saturated carbocycles. The number of aliphatic hydroxyl groups is 1. The van der Waals surface area contributed by atoms with Crippen LogP contribution in [-0.2, 0) is 29.3 Å². The first-order valence-electron chi connectivity index (χ1n) is 24.7. The van der Waals surface area contributed by atoms with E-state index in [9.17, 15) is 13.9 Å². The Morgan fingerprint density at radius 2 is 1.18 bits per heavy atom. The number of hydrogen-bond donors (Lipinski definition) is 4. The van der Waals surface area contributed by atoms with Gasteiger partial charge >= 0.3 is 0 Å². The molecular formula is C55H79F2N3O7. The number of ether oxygens (including phenoxy) is 6. The van der Waals surface area contributed by atoms with Gasteiger partial charge in [-0.25, -0.2) is 8.78 Å². The van der Waals surface area contributed by atoms with Gasteiger partial charge < -0.3 is 49.5 Å². The normalized spacial score (nSPS) is 20.2. The van der Waals surface area contributed by atoms with Crippen LogP contribution in [0.2, 0.25) is 0 Å². The van der Waals surface area contributed by atoms with Crippen LogP contribution in [0.1, 0.15) is 99.5 Å². The quantitative estimate of drug-likeness (QED) is 0.0537. The second-order valence-electron chi connectivity index (χ2n) is 17.9. The number of piperidine rings is 3. The molecule has 3 saturated heterocycles. The highest BCUT2D eigenvalue weighted by Gasteiger charge is 2.40. The van der Waals surface area contributed by atoms with Crippen LogP contribution < -0.4 is 20.7 Å². The van der Waals surface area contributed by atoms with Crippen molar-refractivity contribution >= 4 is 0 Å². The Kier molecular flexibility index (Phi) is 25.3. The van der Waals surface area contributed by atoms with Gasteiger partial charge in [0.1, 0.15) is 23.1 Å². The van der Waals surface area contributed by atoms with Crippen molar-refractivity contribution in [3.8, 4) is 11.5 Å². The standard InChI is InChI=1S/C23H31NO3.2C16H24FNO2/c1-26-17-8-7-15-23(25,19-10-9-16-24-18-19)21-13-5-6-14-22(21)27-20-11-3-2-4-12-20;1-19-9-4-10-20-16(14-6-3-8-18-12-14)13-5-2-7-15(17)11-13;1-19-10-5-11-20-16(13-6-4-9-18-12-13)14-7-2-3-8-15(14)17/h2-6,11-14,19,24-25H,7-10,15-18H2,1H3;2,5,7,11,14,16,18H,3-4,6,8-10,12H2,1H3;2-3,7-8,13,16,18H,4-6,9-12H2,1H3/t19-,23+;14-,16+;13-,16-/m111/s1. The van der Waals surface area contributed by atoms with Crippen molar-refractivity contribution in [1.29, 1.82) is 0 Å². The maximum absolute atomic E-state index is 14.0. The fraction of sp³-hybridized carbons (Fsp3) is 0.564. The first kappa shape index (κ1) is 54.1. The predicted molar refractivity (Wildman–Crippen MR) is 263 cm³/mol. The Bertz CT molecular complexity index is 1890. The van der Waals surface area contributed by atoms with Crippen LogP contribution in [0.3, 0.4) is 0 Å². The van der Waals surface area contributed by atoms with Gasteiger partial charge in [0.15, 0.2) is 0 Å². The zero-order valence-electron chi connectivity index (χ0n) is 40.4. The molecule has 12 heteroatoms. The second kappa shape index (κ2) is 31.3. The van der Waals surface area contributed by atoms with Gasteiger partial charge in [0.2, 0.25) is 0 Å². The summed E-state index contributed by atoms with van der Waals surface area (Å²) in [5, 5.41) is 22.1. The summed E-state index contributed by atoms with van der Waals surface area (Å²) in [6.07, 6.45) is 10.7. The first-order chi connectivity index (χ1) is 32.9. The smallest absolute Gasteiger partial charge is 0.133 e. The minimum absolute atomic E-state index is 0.0321. The first-order valence-corrected chi connectivity index (χ1v) is 24.7. The minimum Gasteiger partial charge on any atom is -0.457 e. The van der Waals surface area contributed by atoms with Crippen molar-refractivity contribution < 1.29 is 42.3 Å². The van der Waals surface area contributed by atoms with E-state index < -0.39 is 5.60 Å². The van der Waals surface area contributed by atoms with E-state index in [-0.39, 0.29) is 29.8 Å². The third-order valence-electron chi connectivity index (χ3n) is 12.9. The largest absolute Gasteiger partial charge is 0.457 e. The van der Waals surface area contributed by atoms with E-state index in [1.165, 1.54) is 12.1 Å². The summed E-state index contributed by atoms with van der Waals surface area (Å²) in [4.78, 5) is 0. The van der Waals surface area contributed by atoms with Gasteiger partial charge in [-0.1, -0.05) is 66.7 Å². The number of methoxy groups -OCH3 is 3. The van der Waals surface area contributed by atoms with Crippen molar-refractivity contribution in [3.05, 3.63) is 131 Å². The van der Waals surface area contributed by atoms with Crippen LogP contribution in [0, 0.1) is 29.4 Å². The SMILES string of the molecule is COCCCC[C@@](O)(c1ccccc1Oc1ccccc1)[C@@H]1CCCNC1.COCCCO[C@@H](c1cccc(F)c1)[C@@H]1CCCNC1.COCCCO[C@@H](c1ccccc1F)[C@@H]1CCCNC1. The van der Waals surface area contributed by atoms with Crippen molar-refractivity contribution in [2.24, 2.45) is 17.8 Å². The van der Waals surface area contributed by atoms with E-state index in [0.717, 1.165) is 133 Å². The zero-order valence-corrected chi connectivity index (χ0v) is 40.4. The van der Waals surface area contributed by atoms with Crippen LogP contribution in [0.5, 0.6) is 11.5 Å². The van der Waals surface area contributed by atoms with Gasteiger partial charge in [-0.3, -0.25) is 0 Å². The van der Waals surface area contributed by atoms with E-state index in [0.29, 0.717) is 50.2 Å². The lowest BCUT2D eigenvalue weighted by atomic mass is 9.74. The Labute approximate surface area is 399 Å². The van der Waals surface area contributed by atoms with Gasteiger partial charge in [0.05, 0.1) is 17.8 Å². The lowest BCUT2D eigenvalue weighted by Crippen LogP contribution is -2.44. The summed E-state index contributed by atoms with van der Waals surface area (Å²) in [7, 11) is 5.09. The van der Waals surface area contributed by atoms with Gasteiger partial charge in [-0.2, -0.15) is 0 Å². The van der Waals surface area contributed by atoms with Gasteiger partial charge in [-0.05, 0) is 132 Å². The number of halogens is 2. The van der Waals surface area contributed by atoms with Crippen molar-refractivity contribution in [2.45, 2.75) is 88.4 Å². The molecule has 10 nitrogen and oxygen atoms in total. The summed E-state index contributed by atoms with van der Waals surface area (Å²) < 4.78 is 61.0. The molecule has 4 N–H and O–H groups in total. The molecule has 0 radical (unpaired) electrons. The maximum Gasteiger partial charge on any atom is 0.133 e. The molecule has 0 aromatic heterocycles. The molecule has 370 valence electrons. The van der Waals surface area contributed by atoms with Crippen LogP contribution in [-0.4, -0.2) is 98.7 Å². The van der Waals surface area contributed by atoms with E-state index in [2.05, 4.69) is 16.0 Å². The molecule has 4 aromatic rings. The average molecular weight is 932 g/mol. The van der Waals surface area contributed by atoms with E-state index in [1.54, 1.807) is 39.5 Å². The molecule has 0 spiro atoms. The fourth-order valence-corrected chi connectivity index (χ4v) is 9.46. The lowest BCUT2D eigenvalue weighted by Gasteiger charge is -2.40. The minimum atomic E-state index is -0.910. The summed E-state index contributed by atoms with van der Waals surface area (Å²) in [5.41, 5.74) is 1.60. The van der Waals surface area contributed by atoms with Crippen LogP contribution in [0.15, 0.2) is 103 Å². The molecular weight excluding hydrogens is 853 g/mol. The second-order valence-corrected chi connectivity index (χ2v) is 17.9. The molecule has 0 aliphatic carbocycles. The predicted octanol–water partition coefficient (Wildman–Crippen LogP) is 10.3. The number of rotatable bonds is 23. The number of unbranched alkanes of at least 4 members (excludes halogenated alkanes) is 1. The molecule has 3 aliphatic heterocycles. The number of nitrogens with one attached hydrogen (secondary N) is 3. The Morgan fingerprint density at radius 3 is 1.79 bits per heavy atom. The summed E-state index contributed by atoms with van der Waals surface area (Å²) >= 11 is 0. The van der Waals surface area contributed by atoms with Gasteiger partial charge in [0, 0.05) is 103 Å². The summed E-state index contributed by atoms with van der Waals surface area (Å²) in [6.45, 7) is 9.13. The number of benzene rings is 4. The van der Waals surface area contributed by atoms with E-state index in [4.69, 9.17) is 28.4 Å². The molecule has 67 heavy (non-hydrogen) atoms. The zero-order chi connectivity index (χ0) is 47.4. The van der Waals surface area contributed by atoms with Crippen LogP contribution >= 0.6 is 0 Å².